The smallest absolute Gasteiger partial charge is 0.222 e. The van der Waals surface area contributed by atoms with Crippen LogP contribution in [-0.4, -0.2) is 36.5 Å². The van der Waals surface area contributed by atoms with Crippen molar-refractivity contribution >= 4 is 5.91 Å². The van der Waals surface area contributed by atoms with Gasteiger partial charge < -0.3 is 10.2 Å². The maximum absolute atomic E-state index is 11.7. The number of nitrogens with zero attached hydrogens (tertiary/aromatic N) is 1. The standard InChI is InChI=1S/C17H32N2O/c1-13(2)16(20)18-11-14-6-5-9-19(12-14)15-7-8-17(3,4)10-15/h13-15H,5-12H2,1-4H3,(H,18,20)/t14-,15+/m1/s1. The lowest BCUT2D eigenvalue weighted by Gasteiger charge is -2.37. The highest BCUT2D eigenvalue weighted by atomic mass is 16.1. The van der Waals surface area contributed by atoms with Gasteiger partial charge in [-0.05, 0) is 50.0 Å². The van der Waals surface area contributed by atoms with Crippen molar-refractivity contribution in [2.24, 2.45) is 17.3 Å². The summed E-state index contributed by atoms with van der Waals surface area (Å²) in [6.07, 6.45) is 6.63. The summed E-state index contributed by atoms with van der Waals surface area (Å²) in [5.41, 5.74) is 0.531. The highest BCUT2D eigenvalue weighted by Crippen LogP contribution is 2.40. The molecule has 1 saturated heterocycles. The third-order valence-corrected chi connectivity index (χ3v) is 5.10. The van der Waals surface area contributed by atoms with Crippen LogP contribution >= 0.6 is 0 Å². The van der Waals surface area contributed by atoms with Gasteiger partial charge in [0.25, 0.3) is 0 Å². The quantitative estimate of drug-likeness (QED) is 0.858. The fourth-order valence-electron chi connectivity index (χ4n) is 3.76. The van der Waals surface area contributed by atoms with E-state index in [0.29, 0.717) is 11.3 Å². The number of hydrogen-bond donors (Lipinski definition) is 1. The summed E-state index contributed by atoms with van der Waals surface area (Å²) >= 11 is 0. The average Bonchev–Trinajstić information content (AvgIpc) is 2.76. The molecule has 1 aliphatic carbocycles. The third kappa shape index (κ3) is 4.21. The first-order chi connectivity index (χ1) is 9.37. The Morgan fingerprint density at radius 3 is 2.70 bits per heavy atom. The van der Waals surface area contributed by atoms with Crippen LogP contribution in [0.1, 0.15) is 59.8 Å². The van der Waals surface area contributed by atoms with Crippen molar-refractivity contribution in [3.05, 3.63) is 0 Å². The molecule has 0 aromatic carbocycles. The van der Waals surface area contributed by atoms with Crippen molar-refractivity contribution in [3.8, 4) is 0 Å². The van der Waals surface area contributed by atoms with Crippen LogP contribution in [0.2, 0.25) is 0 Å². The van der Waals surface area contributed by atoms with Gasteiger partial charge in [-0.25, -0.2) is 0 Å². The Hall–Kier alpha value is -0.570. The molecule has 2 rings (SSSR count). The summed E-state index contributed by atoms with van der Waals surface area (Å²) in [6.45, 7) is 12.0. The Bertz CT molecular complexity index is 338. The van der Waals surface area contributed by atoms with Crippen molar-refractivity contribution in [2.45, 2.75) is 65.8 Å². The summed E-state index contributed by atoms with van der Waals surface area (Å²) in [5.74, 6) is 0.949. The molecule has 1 saturated carbocycles. The number of amides is 1. The van der Waals surface area contributed by atoms with E-state index in [2.05, 4.69) is 24.1 Å². The largest absolute Gasteiger partial charge is 0.356 e. The van der Waals surface area contributed by atoms with Crippen LogP contribution in [0, 0.1) is 17.3 Å². The van der Waals surface area contributed by atoms with Crippen molar-refractivity contribution in [3.63, 3.8) is 0 Å². The fourth-order valence-corrected chi connectivity index (χ4v) is 3.76. The molecule has 1 N–H and O–H groups in total. The van der Waals surface area contributed by atoms with Gasteiger partial charge in [-0.15, -0.1) is 0 Å². The van der Waals surface area contributed by atoms with Gasteiger partial charge in [0.1, 0.15) is 0 Å². The molecule has 1 aliphatic heterocycles. The first-order valence-corrected chi connectivity index (χ1v) is 8.39. The van der Waals surface area contributed by atoms with E-state index in [1.54, 1.807) is 0 Å². The van der Waals surface area contributed by atoms with E-state index in [9.17, 15) is 4.79 Å². The van der Waals surface area contributed by atoms with E-state index >= 15 is 0 Å². The van der Waals surface area contributed by atoms with Gasteiger partial charge in [0.15, 0.2) is 0 Å². The van der Waals surface area contributed by atoms with Gasteiger partial charge >= 0.3 is 0 Å². The van der Waals surface area contributed by atoms with Crippen LogP contribution in [-0.2, 0) is 4.79 Å². The van der Waals surface area contributed by atoms with Crippen LogP contribution < -0.4 is 5.32 Å². The van der Waals surface area contributed by atoms with E-state index in [1.807, 2.05) is 13.8 Å². The van der Waals surface area contributed by atoms with Gasteiger partial charge in [-0.2, -0.15) is 0 Å². The molecule has 20 heavy (non-hydrogen) atoms. The summed E-state index contributed by atoms with van der Waals surface area (Å²) in [4.78, 5) is 14.4. The molecule has 116 valence electrons. The second kappa shape index (κ2) is 6.46. The van der Waals surface area contributed by atoms with E-state index in [-0.39, 0.29) is 11.8 Å². The summed E-state index contributed by atoms with van der Waals surface area (Å²) in [7, 11) is 0. The minimum atomic E-state index is 0.102. The SMILES string of the molecule is CC(C)C(=O)NC[C@H]1CCCN([C@H]2CCC(C)(C)C2)C1. The lowest BCUT2D eigenvalue weighted by molar-refractivity contribution is -0.124. The Balaban J connectivity index is 1.79. The third-order valence-electron chi connectivity index (χ3n) is 5.10. The topological polar surface area (TPSA) is 32.3 Å². The van der Waals surface area contributed by atoms with Gasteiger partial charge in [-0.3, -0.25) is 4.79 Å². The van der Waals surface area contributed by atoms with Gasteiger partial charge in [0, 0.05) is 25.0 Å². The molecule has 0 aromatic heterocycles. The molecule has 0 unspecified atom stereocenters. The molecule has 2 atom stereocenters. The molecular formula is C17H32N2O. The van der Waals surface area contributed by atoms with Crippen molar-refractivity contribution in [1.82, 2.24) is 10.2 Å². The number of hydrogen-bond acceptors (Lipinski definition) is 2. The Labute approximate surface area is 124 Å². The van der Waals surface area contributed by atoms with E-state index < -0.39 is 0 Å². The Morgan fingerprint density at radius 2 is 2.10 bits per heavy atom. The zero-order chi connectivity index (χ0) is 14.8. The number of carbonyl (C=O) groups is 1. The molecule has 0 aromatic rings. The summed E-state index contributed by atoms with van der Waals surface area (Å²) in [6, 6.07) is 0.786. The van der Waals surface area contributed by atoms with Crippen LogP contribution in [0.5, 0.6) is 0 Å². The van der Waals surface area contributed by atoms with Crippen LogP contribution in [0.3, 0.4) is 0 Å². The fraction of sp³-hybridized carbons (Fsp3) is 0.941. The molecule has 0 radical (unpaired) electrons. The number of rotatable bonds is 4. The number of carbonyl (C=O) groups excluding carboxylic acids is 1. The van der Waals surface area contributed by atoms with Crippen molar-refractivity contribution in [1.29, 1.82) is 0 Å². The molecular weight excluding hydrogens is 248 g/mol. The zero-order valence-electron chi connectivity index (χ0n) is 13.7. The number of piperidine rings is 1. The Morgan fingerprint density at radius 1 is 1.35 bits per heavy atom. The minimum Gasteiger partial charge on any atom is -0.356 e. The average molecular weight is 280 g/mol. The highest BCUT2D eigenvalue weighted by molar-refractivity contribution is 5.77. The van der Waals surface area contributed by atoms with Crippen LogP contribution in [0.15, 0.2) is 0 Å². The predicted molar refractivity (Wildman–Crippen MR) is 83.6 cm³/mol. The highest BCUT2D eigenvalue weighted by Gasteiger charge is 2.35. The lowest BCUT2D eigenvalue weighted by atomic mass is 9.91. The van der Waals surface area contributed by atoms with Gasteiger partial charge in [0.05, 0.1) is 0 Å². The van der Waals surface area contributed by atoms with Gasteiger partial charge in [0.2, 0.25) is 5.91 Å². The predicted octanol–water partition coefficient (Wildman–Crippen LogP) is 3.05. The molecule has 2 fully saturated rings. The van der Waals surface area contributed by atoms with E-state index in [0.717, 1.165) is 12.6 Å². The monoisotopic (exact) mass is 280 g/mol. The van der Waals surface area contributed by atoms with Crippen LogP contribution in [0.4, 0.5) is 0 Å². The molecule has 1 amide bonds. The Kier molecular flexibility index (Phi) is 5.11. The lowest BCUT2D eigenvalue weighted by Crippen LogP contribution is -2.45. The number of likely N-dealkylation sites (tertiary alicyclic amines) is 1. The minimum absolute atomic E-state index is 0.102. The molecule has 3 heteroatoms. The van der Waals surface area contributed by atoms with E-state index in [1.165, 1.54) is 45.2 Å². The van der Waals surface area contributed by atoms with Crippen molar-refractivity contribution < 1.29 is 4.79 Å². The second-order valence-electron chi connectivity index (χ2n) is 7.96. The molecule has 0 bridgehead atoms. The number of nitrogens with one attached hydrogen (secondary N) is 1. The maximum Gasteiger partial charge on any atom is 0.222 e. The normalized spacial score (nSPS) is 30.6. The summed E-state index contributed by atoms with van der Waals surface area (Å²) < 4.78 is 0. The second-order valence-corrected chi connectivity index (χ2v) is 7.96. The zero-order valence-corrected chi connectivity index (χ0v) is 13.7. The summed E-state index contributed by atoms with van der Waals surface area (Å²) in [5, 5.41) is 3.11. The maximum atomic E-state index is 11.7. The molecule has 3 nitrogen and oxygen atoms in total. The van der Waals surface area contributed by atoms with Gasteiger partial charge in [-0.1, -0.05) is 27.7 Å². The molecule has 1 heterocycles. The first kappa shape index (κ1) is 15.8. The molecule has 2 aliphatic rings. The van der Waals surface area contributed by atoms with Crippen molar-refractivity contribution in [2.75, 3.05) is 19.6 Å². The van der Waals surface area contributed by atoms with Crippen LogP contribution in [0.25, 0.3) is 0 Å². The molecule has 0 spiro atoms. The first-order valence-electron chi connectivity index (χ1n) is 8.39. The van der Waals surface area contributed by atoms with E-state index in [4.69, 9.17) is 0 Å².